The van der Waals surface area contributed by atoms with E-state index in [9.17, 15) is 9.90 Å². The first-order valence-corrected chi connectivity index (χ1v) is 12.2. The summed E-state index contributed by atoms with van der Waals surface area (Å²) in [6.07, 6.45) is 6.80. The molecule has 0 radical (unpaired) electrons. The van der Waals surface area contributed by atoms with Crippen LogP contribution in [0, 0.1) is 5.92 Å². The Kier molecular flexibility index (Phi) is 5.05. The fourth-order valence-electron chi connectivity index (χ4n) is 6.66. The summed E-state index contributed by atoms with van der Waals surface area (Å²) in [4.78, 5) is 14.7. The highest BCUT2D eigenvalue weighted by molar-refractivity contribution is 5.98. The first-order valence-electron chi connectivity index (χ1n) is 12.2. The number of hydrogen-bond acceptors (Lipinski definition) is 2. The molecule has 1 aliphatic heterocycles. The van der Waals surface area contributed by atoms with E-state index in [1.807, 2.05) is 18.2 Å². The summed E-state index contributed by atoms with van der Waals surface area (Å²) in [5.41, 5.74) is 8.06. The molecular formula is C30H29NO2. The Morgan fingerprint density at radius 3 is 2.39 bits per heavy atom. The Bertz CT molecular complexity index is 1230. The van der Waals surface area contributed by atoms with Crippen LogP contribution in [-0.4, -0.2) is 17.1 Å². The van der Waals surface area contributed by atoms with E-state index in [1.165, 1.54) is 47.2 Å². The van der Waals surface area contributed by atoms with Crippen LogP contribution in [0.15, 0.2) is 84.4 Å². The lowest BCUT2D eigenvalue weighted by atomic mass is 9.64. The maximum Gasteiger partial charge on any atom is 0.337 e. The molecule has 3 heteroatoms. The second-order valence-electron chi connectivity index (χ2n) is 9.63. The lowest BCUT2D eigenvalue weighted by Gasteiger charge is -2.53. The third-order valence-corrected chi connectivity index (χ3v) is 7.95. The van der Waals surface area contributed by atoms with E-state index in [4.69, 9.17) is 0 Å². The predicted octanol–water partition coefficient (Wildman–Crippen LogP) is 6.90. The van der Waals surface area contributed by atoms with Gasteiger partial charge in [0.05, 0.1) is 11.3 Å². The standard InChI is InChI=1S/C30H29NO2/c32-30(33)24-15-7-9-17-27(24)31-26-16-8-6-14-23(26)28(21-11-2-1-3-12-21)25-19-18-20-10-4-5-13-22(20)29(25)31/h1-5,7,9-13,15,17,23,26,28H,6,8,14,16,18-19H2,(H,32,33). The molecule has 0 saturated heterocycles. The first-order chi connectivity index (χ1) is 16.2. The average Bonchev–Trinajstić information content (AvgIpc) is 2.87. The van der Waals surface area contributed by atoms with Gasteiger partial charge in [0, 0.05) is 23.2 Å². The Labute approximate surface area is 195 Å². The van der Waals surface area contributed by atoms with Gasteiger partial charge in [0.1, 0.15) is 0 Å². The van der Waals surface area contributed by atoms with Gasteiger partial charge in [0.25, 0.3) is 0 Å². The van der Waals surface area contributed by atoms with Crippen molar-refractivity contribution in [2.24, 2.45) is 5.92 Å². The maximum atomic E-state index is 12.3. The summed E-state index contributed by atoms with van der Waals surface area (Å²) in [6.45, 7) is 0. The van der Waals surface area contributed by atoms with Crippen LogP contribution in [0.5, 0.6) is 0 Å². The zero-order chi connectivity index (χ0) is 22.4. The zero-order valence-electron chi connectivity index (χ0n) is 18.8. The summed E-state index contributed by atoms with van der Waals surface area (Å²) in [6, 6.07) is 27.6. The average molecular weight is 436 g/mol. The molecule has 0 bridgehead atoms. The fourth-order valence-corrected chi connectivity index (χ4v) is 6.66. The summed E-state index contributed by atoms with van der Waals surface area (Å²) < 4.78 is 0. The van der Waals surface area contributed by atoms with E-state index in [1.54, 1.807) is 6.07 Å². The van der Waals surface area contributed by atoms with Crippen LogP contribution < -0.4 is 4.90 Å². The van der Waals surface area contributed by atoms with Crippen LogP contribution in [0.4, 0.5) is 5.69 Å². The lowest BCUT2D eigenvalue weighted by molar-refractivity contribution is 0.0697. The van der Waals surface area contributed by atoms with E-state index < -0.39 is 5.97 Å². The highest BCUT2D eigenvalue weighted by atomic mass is 16.4. The molecule has 0 aromatic heterocycles. The topological polar surface area (TPSA) is 40.5 Å². The van der Waals surface area contributed by atoms with Crippen molar-refractivity contribution in [1.82, 2.24) is 0 Å². The number of aromatic carboxylic acids is 1. The number of carboxylic acid groups (broad SMARTS) is 1. The molecule has 166 valence electrons. The van der Waals surface area contributed by atoms with Crippen molar-refractivity contribution < 1.29 is 9.90 Å². The number of para-hydroxylation sites is 1. The van der Waals surface area contributed by atoms with Gasteiger partial charge < -0.3 is 10.0 Å². The molecule has 1 heterocycles. The number of hydrogen-bond donors (Lipinski definition) is 1. The zero-order valence-corrected chi connectivity index (χ0v) is 18.8. The molecule has 3 unspecified atom stereocenters. The Hall–Kier alpha value is -3.33. The maximum absolute atomic E-state index is 12.3. The van der Waals surface area contributed by atoms with Crippen molar-refractivity contribution in [3.63, 3.8) is 0 Å². The van der Waals surface area contributed by atoms with Gasteiger partial charge >= 0.3 is 5.97 Å². The van der Waals surface area contributed by atoms with Crippen molar-refractivity contribution in [2.75, 3.05) is 4.90 Å². The van der Waals surface area contributed by atoms with Gasteiger partial charge in [-0.25, -0.2) is 4.79 Å². The second kappa shape index (κ2) is 8.22. The minimum absolute atomic E-state index is 0.300. The van der Waals surface area contributed by atoms with Crippen LogP contribution in [0.3, 0.4) is 0 Å². The molecular weight excluding hydrogens is 406 g/mol. The Morgan fingerprint density at radius 2 is 1.55 bits per heavy atom. The number of aryl methyl sites for hydroxylation is 1. The summed E-state index contributed by atoms with van der Waals surface area (Å²) >= 11 is 0. The van der Waals surface area contributed by atoms with Gasteiger partial charge in [-0.05, 0) is 60.4 Å². The Morgan fingerprint density at radius 1 is 0.818 bits per heavy atom. The molecule has 1 saturated carbocycles. The minimum Gasteiger partial charge on any atom is -0.478 e. The van der Waals surface area contributed by atoms with Crippen LogP contribution in [0.2, 0.25) is 0 Å². The molecule has 0 spiro atoms. The minimum atomic E-state index is -0.852. The predicted molar refractivity (Wildman–Crippen MR) is 132 cm³/mol. The van der Waals surface area contributed by atoms with Crippen LogP contribution in [-0.2, 0) is 6.42 Å². The number of anilines is 1. The van der Waals surface area contributed by atoms with Gasteiger partial charge in [0.2, 0.25) is 0 Å². The highest BCUT2D eigenvalue weighted by Gasteiger charge is 2.46. The summed E-state index contributed by atoms with van der Waals surface area (Å²) in [7, 11) is 0. The van der Waals surface area contributed by atoms with Crippen molar-refractivity contribution in [3.8, 4) is 0 Å². The smallest absolute Gasteiger partial charge is 0.337 e. The molecule has 1 N–H and O–H groups in total. The third kappa shape index (κ3) is 3.30. The molecule has 6 rings (SSSR count). The molecule has 3 aromatic carbocycles. The van der Waals surface area contributed by atoms with Crippen molar-refractivity contribution in [1.29, 1.82) is 0 Å². The van der Waals surface area contributed by atoms with Crippen LogP contribution in [0.25, 0.3) is 5.70 Å². The molecule has 3 nitrogen and oxygen atoms in total. The molecule has 3 aromatic rings. The highest BCUT2D eigenvalue weighted by Crippen LogP contribution is 2.55. The monoisotopic (exact) mass is 435 g/mol. The molecule has 33 heavy (non-hydrogen) atoms. The first kappa shape index (κ1) is 20.3. The number of allylic oxidation sites excluding steroid dienone is 1. The van der Waals surface area contributed by atoms with Gasteiger partial charge in [-0.1, -0.05) is 79.6 Å². The van der Waals surface area contributed by atoms with Gasteiger partial charge in [-0.15, -0.1) is 0 Å². The quantitative estimate of drug-likeness (QED) is 0.486. The van der Waals surface area contributed by atoms with E-state index in [2.05, 4.69) is 59.5 Å². The number of rotatable bonds is 3. The van der Waals surface area contributed by atoms with Gasteiger partial charge in [-0.2, -0.15) is 0 Å². The number of benzene rings is 3. The lowest BCUT2D eigenvalue weighted by Crippen LogP contribution is -2.49. The number of carboxylic acids is 1. The second-order valence-corrected chi connectivity index (χ2v) is 9.63. The number of carbonyl (C=O) groups is 1. The van der Waals surface area contributed by atoms with Gasteiger partial charge in [-0.3, -0.25) is 0 Å². The Balaban J connectivity index is 1.65. The van der Waals surface area contributed by atoms with E-state index in [-0.39, 0.29) is 0 Å². The normalized spacial score (nSPS) is 24.0. The summed E-state index contributed by atoms with van der Waals surface area (Å²) in [5, 5.41) is 10.1. The number of nitrogens with zero attached hydrogens (tertiary/aromatic N) is 1. The molecule has 3 aliphatic rings. The third-order valence-electron chi connectivity index (χ3n) is 7.95. The van der Waals surface area contributed by atoms with Crippen LogP contribution >= 0.6 is 0 Å². The van der Waals surface area contributed by atoms with Crippen molar-refractivity contribution in [3.05, 3.63) is 107 Å². The molecule has 0 amide bonds. The molecule has 3 atom stereocenters. The van der Waals surface area contributed by atoms with E-state index in [0.717, 1.165) is 24.9 Å². The van der Waals surface area contributed by atoms with Crippen molar-refractivity contribution in [2.45, 2.75) is 50.5 Å². The molecule has 2 aliphatic carbocycles. The number of fused-ring (bicyclic) bond motifs is 3. The molecule has 1 fully saturated rings. The van der Waals surface area contributed by atoms with E-state index in [0.29, 0.717) is 23.4 Å². The van der Waals surface area contributed by atoms with Crippen LogP contribution in [0.1, 0.15) is 65.1 Å². The SMILES string of the molecule is O=C(O)c1ccccc1N1C2=C(CCc3ccccc32)C(c2ccccc2)C2CCCCC21. The summed E-state index contributed by atoms with van der Waals surface area (Å²) in [5.74, 6) is 0.0366. The van der Waals surface area contributed by atoms with Gasteiger partial charge in [0.15, 0.2) is 0 Å². The van der Waals surface area contributed by atoms with E-state index >= 15 is 0 Å². The fraction of sp³-hybridized carbons (Fsp3) is 0.300. The van der Waals surface area contributed by atoms with Crippen molar-refractivity contribution >= 4 is 17.4 Å². The largest absolute Gasteiger partial charge is 0.478 e.